The monoisotopic (exact) mass is 206 g/mol. The molecule has 0 aromatic carbocycles. The van der Waals surface area contributed by atoms with Gasteiger partial charge in [-0.2, -0.15) is 5.10 Å². The first kappa shape index (κ1) is 9.76. The quantitative estimate of drug-likeness (QED) is 0.814. The van der Waals surface area contributed by atoms with Crippen molar-refractivity contribution < 1.29 is 4.74 Å². The number of hydrogen-bond donors (Lipinski definition) is 1. The third-order valence-electron chi connectivity index (χ3n) is 2.03. The first-order chi connectivity index (χ1) is 7.29. The number of hydrogen-bond acceptors (Lipinski definition) is 4. The maximum absolute atomic E-state index is 5.37. The van der Waals surface area contributed by atoms with Crippen LogP contribution < -0.4 is 4.90 Å². The van der Waals surface area contributed by atoms with Crippen molar-refractivity contribution in [3.8, 4) is 0 Å². The normalized spacial score (nSPS) is 15.3. The number of H-pyrrole nitrogens is 1. The van der Waals surface area contributed by atoms with Crippen molar-refractivity contribution in [1.82, 2.24) is 10.2 Å². The summed E-state index contributed by atoms with van der Waals surface area (Å²) < 4.78 is 5.37. The molecule has 1 aromatic heterocycles. The van der Waals surface area contributed by atoms with Gasteiger partial charge in [0.15, 0.2) is 11.6 Å². The minimum atomic E-state index is 0.584. The second-order valence-electron chi connectivity index (χ2n) is 3.30. The highest BCUT2D eigenvalue weighted by atomic mass is 16.5. The highest BCUT2D eigenvalue weighted by molar-refractivity contribution is 5.78. The van der Waals surface area contributed by atoms with Crippen molar-refractivity contribution >= 4 is 12.0 Å². The second kappa shape index (κ2) is 4.16. The van der Waals surface area contributed by atoms with Crippen LogP contribution in [0.4, 0.5) is 5.82 Å². The summed E-state index contributed by atoms with van der Waals surface area (Å²) in [5.74, 6) is 1.63. The lowest BCUT2D eigenvalue weighted by atomic mass is 10.4. The SMILES string of the molecule is CCOC1=CN(c2cc(C)[nH]n2)CN=C1. The number of aliphatic imine (C=N–C) groups is 1. The fraction of sp³-hybridized carbons (Fsp3) is 0.400. The minimum absolute atomic E-state index is 0.584. The van der Waals surface area contributed by atoms with Gasteiger partial charge in [-0.05, 0) is 13.8 Å². The maximum atomic E-state index is 5.37. The van der Waals surface area contributed by atoms with Gasteiger partial charge in [0.25, 0.3) is 0 Å². The van der Waals surface area contributed by atoms with Crippen LogP contribution >= 0.6 is 0 Å². The molecule has 0 amide bonds. The second-order valence-corrected chi connectivity index (χ2v) is 3.30. The predicted octanol–water partition coefficient (Wildman–Crippen LogP) is 1.44. The maximum Gasteiger partial charge on any atom is 0.156 e. The summed E-state index contributed by atoms with van der Waals surface area (Å²) >= 11 is 0. The Morgan fingerprint density at radius 2 is 2.47 bits per heavy atom. The molecule has 1 aromatic rings. The van der Waals surface area contributed by atoms with Crippen LogP contribution in [0, 0.1) is 6.92 Å². The van der Waals surface area contributed by atoms with Crippen molar-refractivity contribution in [2.75, 3.05) is 18.2 Å². The lowest BCUT2D eigenvalue weighted by Crippen LogP contribution is -2.21. The zero-order valence-electron chi connectivity index (χ0n) is 8.90. The molecule has 1 aliphatic rings. The molecule has 0 atom stereocenters. The molecule has 1 N–H and O–H groups in total. The van der Waals surface area contributed by atoms with Crippen LogP contribution in [0.15, 0.2) is 23.0 Å². The van der Waals surface area contributed by atoms with Crippen LogP contribution in [0.1, 0.15) is 12.6 Å². The molecule has 0 aliphatic carbocycles. The van der Waals surface area contributed by atoms with Crippen LogP contribution in [0.25, 0.3) is 0 Å². The average molecular weight is 206 g/mol. The van der Waals surface area contributed by atoms with Gasteiger partial charge in [0.05, 0.1) is 19.0 Å². The van der Waals surface area contributed by atoms with Gasteiger partial charge >= 0.3 is 0 Å². The van der Waals surface area contributed by atoms with Gasteiger partial charge in [-0.3, -0.25) is 10.1 Å². The number of ether oxygens (including phenoxy) is 1. The molecule has 15 heavy (non-hydrogen) atoms. The molecule has 1 aliphatic heterocycles. The molecule has 0 spiro atoms. The van der Waals surface area contributed by atoms with E-state index in [9.17, 15) is 0 Å². The van der Waals surface area contributed by atoms with E-state index in [-0.39, 0.29) is 0 Å². The highest BCUT2D eigenvalue weighted by Gasteiger charge is 2.11. The summed E-state index contributed by atoms with van der Waals surface area (Å²) in [7, 11) is 0. The Balaban J connectivity index is 2.14. The lowest BCUT2D eigenvalue weighted by Gasteiger charge is -2.19. The van der Waals surface area contributed by atoms with Gasteiger partial charge in [-0.1, -0.05) is 0 Å². The molecular formula is C10H14N4O. The van der Waals surface area contributed by atoms with Crippen molar-refractivity contribution in [3.05, 3.63) is 23.7 Å². The van der Waals surface area contributed by atoms with E-state index in [0.717, 1.165) is 17.3 Å². The first-order valence-electron chi connectivity index (χ1n) is 4.92. The molecule has 80 valence electrons. The zero-order valence-corrected chi connectivity index (χ0v) is 8.90. The third-order valence-corrected chi connectivity index (χ3v) is 2.03. The van der Waals surface area contributed by atoms with E-state index in [1.807, 2.05) is 31.0 Å². The van der Waals surface area contributed by atoms with Gasteiger partial charge in [0.1, 0.15) is 6.67 Å². The number of aryl methyl sites for hydroxylation is 1. The largest absolute Gasteiger partial charge is 0.491 e. The Morgan fingerprint density at radius 3 is 3.13 bits per heavy atom. The molecule has 5 heteroatoms. The van der Waals surface area contributed by atoms with E-state index in [1.54, 1.807) is 6.21 Å². The molecule has 2 rings (SSSR count). The molecule has 2 heterocycles. The van der Waals surface area contributed by atoms with Gasteiger partial charge in [-0.25, -0.2) is 0 Å². The van der Waals surface area contributed by atoms with Crippen LogP contribution in [-0.4, -0.2) is 29.7 Å². The number of aromatic amines is 1. The van der Waals surface area contributed by atoms with Crippen molar-refractivity contribution in [1.29, 1.82) is 0 Å². The number of nitrogens with one attached hydrogen (secondary N) is 1. The Labute approximate surface area is 88.5 Å². The molecular weight excluding hydrogens is 192 g/mol. The Bertz CT molecular complexity index is 394. The fourth-order valence-corrected chi connectivity index (χ4v) is 1.38. The van der Waals surface area contributed by atoms with E-state index in [0.29, 0.717) is 13.3 Å². The minimum Gasteiger partial charge on any atom is -0.491 e. The van der Waals surface area contributed by atoms with Gasteiger partial charge in [0.2, 0.25) is 0 Å². The number of nitrogens with zero attached hydrogens (tertiary/aromatic N) is 3. The molecule has 0 radical (unpaired) electrons. The van der Waals surface area contributed by atoms with E-state index in [4.69, 9.17) is 4.74 Å². The topological polar surface area (TPSA) is 53.5 Å². The lowest BCUT2D eigenvalue weighted by molar-refractivity contribution is 0.249. The summed E-state index contributed by atoms with van der Waals surface area (Å²) in [5.41, 5.74) is 1.03. The number of rotatable bonds is 3. The van der Waals surface area contributed by atoms with Gasteiger partial charge in [-0.15, -0.1) is 0 Å². The van der Waals surface area contributed by atoms with E-state index in [2.05, 4.69) is 15.2 Å². The first-order valence-corrected chi connectivity index (χ1v) is 4.92. The molecule has 0 saturated heterocycles. The van der Waals surface area contributed by atoms with E-state index < -0.39 is 0 Å². The van der Waals surface area contributed by atoms with Gasteiger partial charge in [0, 0.05) is 11.8 Å². The average Bonchev–Trinajstić information content (AvgIpc) is 2.66. The Morgan fingerprint density at radius 1 is 1.60 bits per heavy atom. The summed E-state index contributed by atoms with van der Waals surface area (Å²) in [6.07, 6.45) is 3.64. The molecule has 0 bridgehead atoms. The number of anilines is 1. The van der Waals surface area contributed by atoms with Crippen molar-refractivity contribution in [2.45, 2.75) is 13.8 Å². The summed E-state index contributed by atoms with van der Waals surface area (Å²) in [6, 6.07) is 1.97. The number of aromatic nitrogens is 2. The fourth-order valence-electron chi connectivity index (χ4n) is 1.38. The molecule has 0 fully saturated rings. The molecule has 0 saturated carbocycles. The van der Waals surface area contributed by atoms with Crippen LogP contribution in [-0.2, 0) is 4.74 Å². The summed E-state index contributed by atoms with van der Waals surface area (Å²) in [5, 5.41) is 7.06. The van der Waals surface area contributed by atoms with Crippen LogP contribution in [0.2, 0.25) is 0 Å². The summed E-state index contributed by atoms with van der Waals surface area (Å²) in [4.78, 5) is 6.14. The van der Waals surface area contributed by atoms with Gasteiger partial charge < -0.3 is 9.64 Å². The Hall–Kier alpha value is -1.78. The van der Waals surface area contributed by atoms with E-state index in [1.165, 1.54) is 0 Å². The number of allylic oxidation sites excluding steroid dienone is 1. The molecule has 5 nitrogen and oxygen atoms in total. The van der Waals surface area contributed by atoms with Crippen molar-refractivity contribution in [2.24, 2.45) is 4.99 Å². The van der Waals surface area contributed by atoms with Crippen molar-refractivity contribution in [3.63, 3.8) is 0 Å². The van der Waals surface area contributed by atoms with Crippen LogP contribution in [0.5, 0.6) is 0 Å². The van der Waals surface area contributed by atoms with E-state index >= 15 is 0 Å². The summed E-state index contributed by atoms with van der Waals surface area (Å²) in [6.45, 7) is 5.15. The zero-order chi connectivity index (χ0) is 10.7. The standard InChI is InChI=1S/C10H14N4O/c1-3-15-9-5-11-7-14(6-9)10-4-8(2)12-13-10/h4-6H,3,7H2,1-2H3,(H,12,13). The third kappa shape index (κ3) is 2.18. The molecule has 0 unspecified atom stereocenters. The Kier molecular flexibility index (Phi) is 2.71. The smallest absolute Gasteiger partial charge is 0.156 e. The van der Waals surface area contributed by atoms with Crippen LogP contribution in [0.3, 0.4) is 0 Å². The highest BCUT2D eigenvalue weighted by Crippen LogP contribution is 2.15. The predicted molar refractivity (Wildman–Crippen MR) is 58.9 cm³/mol.